The van der Waals surface area contributed by atoms with Crippen LogP contribution in [0.1, 0.15) is 77.6 Å². The minimum Gasteiger partial charge on any atom is -0.432 e. The zero-order valence-corrected chi connectivity index (χ0v) is 23.0. The summed E-state index contributed by atoms with van der Waals surface area (Å²) in [6.07, 6.45) is 1.13. The van der Waals surface area contributed by atoms with E-state index in [0.717, 1.165) is 18.5 Å². The highest BCUT2D eigenvalue weighted by molar-refractivity contribution is 6.42. The Morgan fingerprint density at radius 2 is 1.89 bits per heavy atom. The summed E-state index contributed by atoms with van der Waals surface area (Å²) >= 11 is 13.0. The maximum absolute atomic E-state index is 12.6. The molecule has 8 nitrogen and oxygen atoms in total. The van der Waals surface area contributed by atoms with Gasteiger partial charge in [-0.2, -0.15) is 4.98 Å². The Hall–Kier alpha value is -2.55. The molecular formula is C26H33Cl2N3O5. The lowest BCUT2D eigenvalue weighted by Gasteiger charge is -2.30. The number of ether oxygens (including phenoxy) is 3. The van der Waals surface area contributed by atoms with Crippen LogP contribution in [0.2, 0.25) is 10.0 Å². The Labute approximate surface area is 222 Å². The predicted octanol–water partition coefficient (Wildman–Crippen LogP) is 6.99. The van der Waals surface area contributed by atoms with Gasteiger partial charge < -0.3 is 24.1 Å². The third kappa shape index (κ3) is 6.60. The van der Waals surface area contributed by atoms with Crippen molar-refractivity contribution in [2.24, 2.45) is 0 Å². The Morgan fingerprint density at radius 3 is 2.56 bits per heavy atom. The first-order chi connectivity index (χ1) is 17.0. The van der Waals surface area contributed by atoms with Crippen LogP contribution in [0.15, 0.2) is 39.9 Å². The van der Waals surface area contributed by atoms with E-state index in [2.05, 4.69) is 22.4 Å². The maximum atomic E-state index is 12.6. The largest absolute Gasteiger partial charge is 0.513 e. The molecule has 1 N–H and O–H groups in total. The molecule has 196 valence electrons. The SMILES string of the molecule is CCCCOCCOC(=O)OC1=C(C)NC(C)=C(c2nc(C(C)(C)C)no2)C1c1cccc(Cl)c1Cl. The molecule has 0 bridgehead atoms. The van der Waals surface area contributed by atoms with Gasteiger partial charge in [0.1, 0.15) is 12.4 Å². The van der Waals surface area contributed by atoms with Crippen molar-refractivity contribution in [3.63, 3.8) is 0 Å². The van der Waals surface area contributed by atoms with Crippen molar-refractivity contribution in [2.75, 3.05) is 19.8 Å². The van der Waals surface area contributed by atoms with E-state index in [1.807, 2.05) is 33.8 Å². The molecule has 0 saturated heterocycles. The van der Waals surface area contributed by atoms with Crippen LogP contribution in [-0.2, 0) is 19.6 Å². The molecule has 36 heavy (non-hydrogen) atoms. The number of carbonyl (C=O) groups excluding carboxylic acids is 1. The quantitative estimate of drug-likeness (QED) is 0.270. The first-order valence-corrected chi connectivity index (χ1v) is 12.7. The summed E-state index contributed by atoms with van der Waals surface area (Å²) in [6.45, 7) is 12.7. The molecule has 1 aromatic carbocycles. The summed E-state index contributed by atoms with van der Waals surface area (Å²) in [4.78, 5) is 17.3. The summed E-state index contributed by atoms with van der Waals surface area (Å²) in [5.41, 5.74) is 2.29. The average Bonchev–Trinajstić information content (AvgIpc) is 3.30. The molecule has 1 aromatic heterocycles. The molecule has 3 rings (SSSR count). The fraction of sp³-hybridized carbons (Fsp3) is 0.500. The molecule has 0 aliphatic carbocycles. The van der Waals surface area contributed by atoms with Gasteiger partial charge in [0, 0.05) is 17.7 Å². The summed E-state index contributed by atoms with van der Waals surface area (Å²) in [5, 5.41) is 8.13. The Bertz CT molecular complexity index is 1150. The third-order valence-electron chi connectivity index (χ3n) is 5.60. The van der Waals surface area contributed by atoms with Crippen LogP contribution >= 0.6 is 23.2 Å². The van der Waals surface area contributed by atoms with Gasteiger partial charge in [0.25, 0.3) is 5.89 Å². The zero-order chi connectivity index (χ0) is 26.5. The van der Waals surface area contributed by atoms with Crippen molar-refractivity contribution in [1.82, 2.24) is 15.5 Å². The lowest BCUT2D eigenvalue weighted by Crippen LogP contribution is -2.27. The van der Waals surface area contributed by atoms with Gasteiger partial charge in [-0.25, -0.2) is 4.79 Å². The summed E-state index contributed by atoms with van der Waals surface area (Å²) in [5.74, 6) is 0.480. The van der Waals surface area contributed by atoms with Gasteiger partial charge >= 0.3 is 6.16 Å². The highest BCUT2D eigenvalue weighted by atomic mass is 35.5. The van der Waals surface area contributed by atoms with Crippen LogP contribution in [0, 0.1) is 0 Å². The van der Waals surface area contributed by atoms with Crippen molar-refractivity contribution in [2.45, 2.75) is 65.7 Å². The third-order valence-corrected chi connectivity index (χ3v) is 6.44. The van der Waals surface area contributed by atoms with Crippen molar-refractivity contribution in [3.8, 4) is 0 Å². The molecule has 10 heteroatoms. The number of nitrogens with one attached hydrogen (secondary N) is 1. The molecule has 0 spiro atoms. The van der Waals surface area contributed by atoms with Gasteiger partial charge in [0.2, 0.25) is 0 Å². The van der Waals surface area contributed by atoms with Crippen LogP contribution in [0.3, 0.4) is 0 Å². The summed E-state index contributed by atoms with van der Waals surface area (Å²) < 4.78 is 22.1. The zero-order valence-electron chi connectivity index (χ0n) is 21.5. The summed E-state index contributed by atoms with van der Waals surface area (Å²) in [6, 6.07) is 5.30. The number of hydrogen-bond donors (Lipinski definition) is 1. The van der Waals surface area contributed by atoms with E-state index in [1.54, 1.807) is 19.1 Å². The van der Waals surface area contributed by atoms with E-state index >= 15 is 0 Å². The van der Waals surface area contributed by atoms with E-state index < -0.39 is 12.1 Å². The Balaban J connectivity index is 1.95. The second-order valence-corrected chi connectivity index (χ2v) is 10.4. The molecule has 1 unspecified atom stereocenters. The van der Waals surface area contributed by atoms with Crippen molar-refractivity contribution in [3.05, 3.63) is 62.7 Å². The first-order valence-electron chi connectivity index (χ1n) is 11.9. The van der Waals surface area contributed by atoms with E-state index in [-0.39, 0.29) is 24.5 Å². The second-order valence-electron chi connectivity index (χ2n) is 9.57. The lowest BCUT2D eigenvalue weighted by atomic mass is 9.84. The normalized spacial score (nSPS) is 16.3. The molecule has 2 heterocycles. The molecule has 1 atom stereocenters. The number of nitrogens with zero attached hydrogens (tertiary/aromatic N) is 2. The Kier molecular flexibility index (Phi) is 9.44. The minimum atomic E-state index is -0.854. The van der Waals surface area contributed by atoms with Crippen LogP contribution < -0.4 is 5.32 Å². The van der Waals surface area contributed by atoms with Gasteiger partial charge in [-0.05, 0) is 31.9 Å². The number of rotatable bonds is 9. The number of hydrogen-bond acceptors (Lipinski definition) is 8. The molecule has 2 aromatic rings. The van der Waals surface area contributed by atoms with E-state index in [9.17, 15) is 4.79 Å². The van der Waals surface area contributed by atoms with Crippen LogP contribution in [0.25, 0.3) is 5.57 Å². The number of unbranched alkanes of at least 4 members (excludes halogenated alkanes) is 1. The van der Waals surface area contributed by atoms with Crippen LogP contribution in [0.5, 0.6) is 0 Å². The fourth-order valence-electron chi connectivity index (χ4n) is 3.72. The average molecular weight is 538 g/mol. The molecule has 0 saturated carbocycles. The smallest absolute Gasteiger partial charge is 0.432 e. The fourth-order valence-corrected chi connectivity index (χ4v) is 4.14. The van der Waals surface area contributed by atoms with Gasteiger partial charge in [-0.1, -0.05) is 74.6 Å². The number of dihydropyridines is 1. The van der Waals surface area contributed by atoms with E-state index in [1.165, 1.54) is 0 Å². The van der Waals surface area contributed by atoms with Crippen molar-refractivity contribution >= 4 is 34.9 Å². The van der Waals surface area contributed by atoms with E-state index in [4.69, 9.17) is 41.9 Å². The number of benzene rings is 1. The van der Waals surface area contributed by atoms with E-state index in [0.29, 0.717) is 45.1 Å². The molecule has 0 amide bonds. The van der Waals surface area contributed by atoms with Crippen LogP contribution in [0.4, 0.5) is 4.79 Å². The summed E-state index contributed by atoms with van der Waals surface area (Å²) in [7, 11) is 0. The van der Waals surface area contributed by atoms with Gasteiger partial charge in [0.15, 0.2) is 5.82 Å². The number of allylic oxidation sites excluding steroid dienone is 3. The number of aromatic nitrogens is 2. The Morgan fingerprint density at radius 1 is 1.14 bits per heavy atom. The first kappa shape index (κ1) is 28.0. The predicted molar refractivity (Wildman–Crippen MR) is 139 cm³/mol. The standard InChI is InChI=1S/C26H33Cl2N3O5/c1-7-8-12-33-13-14-34-25(32)35-22-16(3)29-15(2)19(23-30-24(31-36-23)26(4,5)6)20(22)17-10-9-11-18(27)21(17)28/h9-11,20,29H,7-8,12-14H2,1-6H3. The molecule has 1 aliphatic heterocycles. The molecule has 1 aliphatic rings. The highest BCUT2D eigenvalue weighted by Crippen LogP contribution is 2.46. The maximum Gasteiger partial charge on any atom is 0.513 e. The van der Waals surface area contributed by atoms with Crippen molar-refractivity contribution < 1.29 is 23.5 Å². The monoisotopic (exact) mass is 537 g/mol. The van der Waals surface area contributed by atoms with Crippen molar-refractivity contribution in [1.29, 1.82) is 0 Å². The number of halogens is 2. The van der Waals surface area contributed by atoms with Gasteiger partial charge in [-0.15, -0.1) is 0 Å². The molecule has 0 radical (unpaired) electrons. The van der Waals surface area contributed by atoms with Gasteiger partial charge in [-0.3, -0.25) is 0 Å². The highest BCUT2D eigenvalue weighted by Gasteiger charge is 2.38. The number of carbonyl (C=O) groups is 1. The molecular weight excluding hydrogens is 505 g/mol. The van der Waals surface area contributed by atoms with Gasteiger partial charge in [0.05, 0.1) is 33.8 Å². The lowest BCUT2D eigenvalue weighted by molar-refractivity contribution is 0.0376. The topological polar surface area (TPSA) is 95.7 Å². The molecule has 0 fully saturated rings. The minimum absolute atomic E-state index is 0.0746. The second kappa shape index (κ2) is 12.1. The van der Waals surface area contributed by atoms with Crippen LogP contribution in [-0.4, -0.2) is 36.1 Å².